The van der Waals surface area contributed by atoms with E-state index in [4.69, 9.17) is 0 Å². The van der Waals surface area contributed by atoms with E-state index in [2.05, 4.69) is 25.4 Å². The Kier molecular flexibility index (Phi) is 6.75. The van der Waals surface area contributed by atoms with Crippen molar-refractivity contribution in [2.75, 3.05) is 18.9 Å². The van der Waals surface area contributed by atoms with Crippen molar-refractivity contribution in [1.82, 2.24) is 20.1 Å². The molecule has 7 heteroatoms. The minimum Gasteiger partial charge on any atom is -0.326 e. The molecule has 24 heavy (non-hydrogen) atoms. The van der Waals surface area contributed by atoms with Crippen molar-refractivity contribution in [2.45, 2.75) is 38.6 Å². The summed E-state index contributed by atoms with van der Waals surface area (Å²) in [5, 5.41) is 14.6. The number of nitrogens with one attached hydrogen (secondary N) is 2. The number of anilines is 1. The number of hydrogen-bond acceptors (Lipinski definition) is 4. The second kappa shape index (κ2) is 8.80. The van der Waals surface area contributed by atoms with E-state index in [0.717, 1.165) is 35.9 Å². The van der Waals surface area contributed by atoms with Gasteiger partial charge in [-0.05, 0) is 44.2 Å². The molecule has 2 aromatic rings. The molecule has 0 bridgehead atoms. The molecule has 1 aromatic carbocycles. The summed E-state index contributed by atoms with van der Waals surface area (Å²) in [7, 11) is 1.84. The third-order valence-corrected chi connectivity index (χ3v) is 4.14. The Bertz CT molecular complexity index is 668. The van der Waals surface area contributed by atoms with Gasteiger partial charge in [0.25, 0.3) is 0 Å². The van der Waals surface area contributed by atoms with Crippen LogP contribution in [0, 0.1) is 0 Å². The molecule has 1 aliphatic rings. The Morgan fingerprint density at radius 2 is 1.96 bits per heavy atom. The van der Waals surface area contributed by atoms with Crippen LogP contribution in [0.3, 0.4) is 0 Å². The molecule has 1 amide bonds. The van der Waals surface area contributed by atoms with Crippen LogP contribution in [0.5, 0.6) is 0 Å². The quantitative estimate of drug-likeness (QED) is 0.870. The molecule has 3 rings (SSSR count). The molecule has 0 saturated carbocycles. The molecule has 0 saturated heterocycles. The number of halogens is 1. The second-order valence-electron chi connectivity index (χ2n) is 5.88. The minimum absolute atomic E-state index is 0. The zero-order valence-electron chi connectivity index (χ0n) is 13.9. The van der Waals surface area contributed by atoms with Gasteiger partial charge >= 0.3 is 0 Å². The smallest absolute Gasteiger partial charge is 0.225 e. The van der Waals surface area contributed by atoms with E-state index in [0.29, 0.717) is 13.0 Å². The lowest BCUT2D eigenvalue weighted by Gasteiger charge is -2.08. The lowest BCUT2D eigenvalue weighted by molar-refractivity contribution is -0.116. The molecule has 0 spiro atoms. The van der Waals surface area contributed by atoms with Gasteiger partial charge in [0, 0.05) is 37.2 Å². The summed E-state index contributed by atoms with van der Waals surface area (Å²) >= 11 is 0. The first kappa shape index (κ1) is 18.4. The Morgan fingerprint density at radius 3 is 2.71 bits per heavy atom. The third kappa shape index (κ3) is 4.33. The van der Waals surface area contributed by atoms with Gasteiger partial charge < -0.3 is 15.2 Å². The first-order chi connectivity index (χ1) is 11.3. The Hall–Kier alpha value is -1.92. The largest absolute Gasteiger partial charge is 0.326 e. The number of nitrogens with zero attached hydrogens (tertiary/aromatic N) is 3. The summed E-state index contributed by atoms with van der Waals surface area (Å²) in [5.74, 6) is 2.03. The highest BCUT2D eigenvalue weighted by atomic mass is 35.5. The van der Waals surface area contributed by atoms with Crippen LogP contribution in [-0.4, -0.2) is 34.3 Å². The van der Waals surface area contributed by atoms with Crippen molar-refractivity contribution >= 4 is 24.0 Å². The van der Waals surface area contributed by atoms with Crippen LogP contribution in [0.4, 0.5) is 5.69 Å². The fourth-order valence-corrected chi connectivity index (χ4v) is 2.86. The molecule has 130 valence electrons. The summed E-state index contributed by atoms with van der Waals surface area (Å²) in [6, 6.07) is 7.83. The molecule has 0 unspecified atom stereocenters. The van der Waals surface area contributed by atoms with Gasteiger partial charge in [0.05, 0.1) is 0 Å². The van der Waals surface area contributed by atoms with Gasteiger partial charge in [0.1, 0.15) is 5.82 Å². The lowest BCUT2D eigenvalue weighted by atomic mass is 10.2. The molecule has 1 aromatic heterocycles. The van der Waals surface area contributed by atoms with E-state index in [1.165, 1.54) is 19.3 Å². The summed E-state index contributed by atoms with van der Waals surface area (Å²) in [6.45, 7) is 1.66. The summed E-state index contributed by atoms with van der Waals surface area (Å²) in [4.78, 5) is 11.7. The predicted molar refractivity (Wildman–Crippen MR) is 97.4 cm³/mol. The van der Waals surface area contributed by atoms with Crippen LogP contribution in [-0.2, 0) is 17.8 Å². The maximum absolute atomic E-state index is 11.7. The molecule has 0 fully saturated rings. The van der Waals surface area contributed by atoms with Gasteiger partial charge in [-0.1, -0.05) is 6.42 Å². The fraction of sp³-hybridized carbons (Fsp3) is 0.471. The number of carbonyl (C=O) groups excluding carboxylic acids is 1. The van der Waals surface area contributed by atoms with Crippen LogP contribution in [0.2, 0.25) is 0 Å². The highest BCUT2D eigenvalue weighted by molar-refractivity contribution is 5.91. The second-order valence-corrected chi connectivity index (χ2v) is 5.88. The molecule has 6 nitrogen and oxygen atoms in total. The normalized spacial score (nSPS) is 13.5. The monoisotopic (exact) mass is 349 g/mol. The molecule has 1 aliphatic heterocycles. The molecule has 0 radical (unpaired) electrons. The Balaban J connectivity index is 0.00000208. The third-order valence-electron chi connectivity index (χ3n) is 4.14. The van der Waals surface area contributed by atoms with Crippen molar-refractivity contribution in [3.05, 3.63) is 30.1 Å². The number of carbonyl (C=O) groups is 1. The van der Waals surface area contributed by atoms with Gasteiger partial charge in [0.2, 0.25) is 5.91 Å². The minimum atomic E-state index is 0. The van der Waals surface area contributed by atoms with Crippen molar-refractivity contribution in [3.8, 4) is 11.4 Å². The van der Waals surface area contributed by atoms with Crippen LogP contribution in [0.25, 0.3) is 11.4 Å². The van der Waals surface area contributed by atoms with Crippen LogP contribution >= 0.6 is 12.4 Å². The standard InChI is InChI=1S/C17H23N5O.ClH/c1-18-11-10-16(23)19-14-8-6-13(7-9-14)17-21-20-15-5-3-2-4-12-22(15)17;/h6-9,18H,2-5,10-12H2,1H3,(H,19,23);1H. The SMILES string of the molecule is CNCCC(=O)Nc1ccc(-c2nnc3n2CCCCC3)cc1.Cl. The molecule has 2 heterocycles. The maximum atomic E-state index is 11.7. The zero-order valence-corrected chi connectivity index (χ0v) is 14.7. The number of benzene rings is 1. The number of fused-ring (bicyclic) bond motifs is 1. The van der Waals surface area contributed by atoms with Crippen molar-refractivity contribution in [2.24, 2.45) is 0 Å². The Labute approximate surface area is 148 Å². The lowest BCUT2D eigenvalue weighted by Crippen LogP contribution is -2.18. The summed E-state index contributed by atoms with van der Waals surface area (Å²) in [6.07, 6.45) is 5.09. The first-order valence-corrected chi connectivity index (χ1v) is 8.25. The molecular formula is C17H24ClN5O. The van der Waals surface area contributed by atoms with Crippen molar-refractivity contribution in [1.29, 1.82) is 0 Å². The van der Waals surface area contributed by atoms with Crippen molar-refractivity contribution in [3.63, 3.8) is 0 Å². The van der Waals surface area contributed by atoms with E-state index in [-0.39, 0.29) is 18.3 Å². The van der Waals surface area contributed by atoms with Gasteiger partial charge in [-0.3, -0.25) is 4.79 Å². The van der Waals surface area contributed by atoms with E-state index in [1.54, 1.807) is 0 Å². The zero-order chi connectivity index (χ0) is 16.1. The van der Waals surface area contributed by atoms with E-state index in [1.807, 2.05) is 31.3 Å². The van der Waals surface area contributed by atoms with Gasteiger partial charge in [-0.2, -0.15) is 0 Å². The maximum Gasteiger partial charge on any atom is 0.225 e. The van der Waals surface area contributed by atoms with Crippen LogP contribution in [0.15, 0.2) is 24.3 Å². The average Bonchev–Trinajstić information content (AvgIpc) is 2.82. The van der Waals surface area contributed by atoms with E-state index in [9.17, 15) is 4.79 Å². The highest BCUT2D eigenvalue weighted by Gasteiger charge is 2.15. The van der Waals surface area contributed by atoms with Gasteiger partial charge in [-0.15, -0.1) is 22.6 Å². The molecule has 0 aliphatic carbocycles. The molecular weight excluding hydrogens is 326 g/mol. The van der Waals surface area contributed by atoms with Gasteiger partial charge in [0.15, 0.2) is 5.82 Å². The van der Waals surface area contributed by atoms with Crippen LogP contribution in [0.1, 0.15) is 31.5 Å². The van der Waals surface area contributed by atoms with E-state index >= 15 is 0 Å². The average molecular weight is 350 g/mol. The predicted octanol–water partition coefficient (Wildman–Crippen LogP) is 2.64. The topological polar surface area (TPSA) is 71.8 Å². The number of hydrogen-bond donors (Lipinski definition) is 2. The van der Waals surface area contributed by atoms with E-state index < -0.39 is 0 Å². The first-order valence-electron chi connectivity index (χ1n) is 8.25. The number of rotatable bonds is 5. The summed E-state index contributed by atoms with van der Waals surface area (Å²) < 4.78 is 2.23. The number of aryl methyl sites for hydroxylation is 1. The number of amides is 1. The fourth-order valence-electron chi connectivity index (χ4n) is 2.86. The highest BCUT2D eigenvalue weighted by Crippen LogP contribution is 2.23. The molecule has 0 atom stereocenters. The summed E-state index contributed by atoms with van der Waals surface area (Å²) in [5.41, 5.74) is 1.85. The Morgan fingerprint density at radius 1 is 1.17 bits per heavy atom. The van der Waals surface area contributed by atoms with Crippen LogP contribution < -0.4 is 10.6 Å². The molecule has 2 N–H and O–H groups in total. The van der Waals surface area contributed by atoms with Crippen molar-refractivity contribution < 1.29 is 4.79 Å². The van der Waals surface area contributed by atoms with Gasteiger partial charge in [-0.25, -0.2) is 0 Å². The number of aromatic nitrogens is 3.